The number of rotatable bonds is 5. The van der Waals surface area contributed by atoms with Crippen LogP contribution in [0.15, 0.2) is 150 Å². The van der Waals surface area contributed by atoms with Gasteiger partial charge in [0, 0.05) is 33.7 Å². The van der Waals surface area contributed by atoms with Crippen LogP contribution in [-0.2, 0) is 0 Å². The summed E-state index contributed by atoms with van der Waals surface area (Å²) in [5.74, 6) is 1.87. The normalized spacial score (nSPS) is 11.4. The number of fused-ring (bicyclic) bond motifs is 4. The van der Waals surface area contributed by atoms with Crippen LogP contribution in [-0.4, -0.2) is 30.1 Å². The van der Waals surface area contributed by atoms with Crippen LogP contribution in [0.5, 0.6) is 0 Å². The van der Waals surface area contributed by atoms with Crippen molar-refractivity contribution >= 4 is 32.8 Å². The lowest BCUT2D eigenvalue weighted by molar-refractivity contribution is 0.646. The molecule has 5 aromatic carbocycles. The molecule has 9 aromatic rings. The van der Waals surface area contributed by atoms with Gasteiger partial charge in [0.1, 0.15) is 11.3 Å². The molecule has 0 aliphatic rings. The van der Waals surface area contributed by atoms with E-state index in [1.165, 1.54) is 0 Å². The van der Waals surface area contributed by atoms with E-state index in [-0.39, 0.29) is 0 Å². The zero-order valence-corrected chi connectivity index (χ0v) is 24.9. The van der Waals surface area contributed by atoms with Crippen molar-refractivity contribution in [3.63, 3.8) is 0 Å². The second kappa shape index (κ2) is 11.1. The lowest BCUT2D eigenvalue weighted by atomic mass is 9.97. The number of benzene rings is 5. The van der Waals surface area contributed by atoms with Crippen LogP contribution in [0.2, 0.25) is 0 Å². The van der Waals surface area contributed by atoms with Gasteiger partial charge >= 0.3 is 0 Å². The van der Waals surface area contributed by atoms with Gasteiger partial charge in [-0.3, -0.25) is 4.98 Å². The fraction of sp³-hybridized carbons (Fsp3) is 0. The maximum absolute atomic E-state index is 5.89. The van der Waals surface area contributed by atoms with Crippen LogP contribution >= 0.6 is 0 Å². The Balaban J connectivity index is 1.16. The van der Waals surface area contributed by atoms with E-state index in [1.807, 2.05) is 109 Å². The Hall–Kier alpha value is -6.60. The van der Waals surface area contributed by atoms with E-state index in [1.54, 1.807) is 0 Å². The number of aromatic nitrogens is 6. The summed E-state index contributed by atoms with van der Waals surface area (Å²) in [5, 5.41) is 12.8. The zero-order valence-electron chi connectivity index (χ0n) is 24.9. The van der Waals surface area contributed by atoms with E-state index in [0.717, 1.165) is 60.6 Å². The van der Waals surface area contributed by atoms with Crippen LogP contribution in [0.1, 0.15) is 0 Å². The van der Waals surface area contributed by atoms with Gasteiger partial charge in [-0.05, 0) is 40.8 Å². The van der Waals surface area contributed by atoms with E-state index < -0.39 is 0 Å². The smallest absolute Gasteiger partial charge is 0.247 e. The first-order chi connectivity index (χ1) is 23.3. The van der Waals surface area contributed by atoms with Gasteiger partial charge < -0.3 is 4.42 Å². The van der Waals surface area contributed by atoms with Gasteiger partial charge in [-0.2, -0.15) is 0 Å². The minimum atomic E-state index is 0.511. The van der Waals surface area contributed by atoms with Crippen molar-refractivity contribution in [2.24, 2.45) is 0 Å². The lowest BCUT2D eigenvalue weighted by Gasteiger charge is -2.11. The van der Waals surface area contributed by atoms with Crippen molar-refractivity contribution < 1.29 is 4.42 Å². The van der Waals surface area contributed by atoms with Gasteiger partial charge in [-0.1, -0.05) is 115 Å². The predicted molar refractivity (Wildman–Crippen MR) is 185 cm³/mol. The van der Waals surface area contributed by atoms with Crippen molar-refractivity contribution in [2.75, 3.05) is 0 Å². The van der Waals surface area contributed by atoms with E-state index in [2.05, 4.69) is 46.6 Å². The van der Waals surface area contributed by atoms with Crippen molar-refractivity contribution in [2.45, 2.75) is 0 Å². The highest BCUT2D eigenvalue weighted by molar-refractivity contribution is 6.04. The molecular formula is C40H24N6O. The van der Waals surface area contributed by atoms with Crippen molar-refractivity contribution in [1.29, 1.82) is 0 Å². The Labute approximate surface area is 269 Å². The van der Waals surface area contributed by atoms with Crippen LogP contribution < -0.4 is 0 Å². The maximum atomic E-state index is 5.89. The molecule has 7 nitrogen and oxygen atoms in total. The topological polar surface area (TPSA) is 90.5 Å². The highest BCUT2D eigenvalue weighted by Gasteiger charge is 2.15. The molecule has 0 aliphatic carbocycles. The Morgan fingerprint density at radius 1 is 0.426 bits per heavy atom. The summed E-state index contributed by atoms with van der Waals surface area (Å²) in [6, 6.07) is 46.6. The second-order valence-electron chi connectivity index (χ2n) is 11.3. The molecule has 0 amide bonds. The Morgan fingerprint density at radius 2 is 1.04 bits per heavy atom. The average molecular weight is 605 g/mol. The van der Waals surface area contributed by atoms with Gasteiger partial charge in [0.2, 0.25) is 5.71 Å². The van der Waals surface area contributed by atoms with Gasteiger partial charge in [-0.15, -0.1) is 10.2 Å². The minimum Gasteiger partial charge on any atom is -0.436 e. The lowest BCUT2D eigenvalue weighted by Crippen LogP contribution is -2.00. The molecule has 220 valence electrons. The first-order valence-electron chi connectivity index (χ1n) is 15.3. The fourth-order valence-electron chi connectivity index (χ4n) is 5.98. The summed E-state index contributed by atoms with van der Waals surface area (Å²) in [6.07, 6.45) is 1.89. The molecule has 47 heavy (non-hydrogen) atoms. The molecule has 0 spiro atoms. The molecule has 0 fully saturated rings. The molecule has 7 heteroatoms. The second-order valence-corrected chi connectivity index (χ2v) is 11.3. The monoisotopic (exact) mass is 604 g/mol. The van der Waals surface area contributed by atoms with Gasteiger partial charge in [0.15, 0.2) is 17.5 Å². The zero-order chi connectivity index (χ0) is 31.2. The number of para-hydroxylation sites is 1. The molecule has 4 aromatic heterocycles. The van der Waals surface area contributed by atoms with Gasteiger partial charge in [0.25, 0.3) is 0 Å². The molecule has 0 unspecified atom stereocenters. The molecule has 0 atom stereocenters. The summed E-state index contributed by atoms with van der Waals surface area (Å²) in [6.45, 7) is 0. The SMILES string of the molecule is c1ccc(-c2nc(-c3ccccc3)nc(-c3cccc(-c4cccc5cnc(-c6cc7c(nn6)oc6ccccc67)cc45)c3)n2)cc1. The van der Waals surface area contributed by atoms with E-state index >= 15 is 0 Å². The molecule has 0 radical (unpaired) electrons. The molecule has 0 saturated carbocycles. The minimum absolute atomic E-state index is 0.511. The molecule has 0 N–H and O–H groups in total. The van der Waals surface area contributed by atoms with Crippen molar-refractivity contribution in [3.05, 3.63) is 146 Å². The van der Waals surface area contributed by atoms with E-state index in [9.17, 15) is 0 Å². The molecule has 0 bridgehead atoms. The predicted octanol–water partition coefficient (Wildman–Crippen LogP) is 9.44. The summed E-state index contributed by atoms with van der Waals surface area (Å²) < 4.78 is 5.89. The number of hydrogen-bond donors (Lipinski definition) is 0. The van der Waals surface area contributed by atoms with Crippen LogP contribution in [0.25, 0.3) is 89.5 Å². The third kappa shape index (κ3) is 4.87. The largest absolute Gasteiger partial charge is 0.436 e. The van der Waals surface area contributed by atoms with Crippen LogP contribution in [0.4, 0.5) is 0 Å². The number of hydrogen-bond acceptors (Lipinski definition) is 7. The van der Waals surface area contributed by atoms with E-state index in [0.29, 0.717) is 28.9 Å². The summed E-state index contributed by atoms with van der Waals surface area (Å²) >= 11 is 0. The number of furan rings is 1. The molecule has 0 aliphatic heterocycles. The Kier molecular flexibility index (Phi) is 6.31. The van der Waals surface area contributed by atoms with Crippen molar-refractivity contribution in [3.8, 4) is 56.7 Å². The van der Waals surface area contributed by atoms with Gasteiger partial charge in [-0.25, -0.2) is 15.0 Å². The summed E-state index contributed by atoms with van der Waals surface area (Å²) in [5.41, 5.74) is 7.58. The molecule has 4 heterocycles. The highest BCUT2D eigenvalue weighted by atomic mass is 16.3. The van der Waals surface area contributed by atoms with Crippen LogP contribution in [0.3, 0.4) is 0 Å². The third-order valence-electron chi connectivity index (χ3n) is 8.30. The van der Waals surface area contributed by atoms with E-state index in [4.69, 9.17) is 24.4 Å². The van der Waals surface area contributed by atoms with Crippen molar-refractivity contribution in [1.82, 2.24) is 30.1 Å². The average Bonchev–Trinajstić information content (AvgIpc) is 3.53. The first-order valence-corrected chi connectivity index (χ1v) is 15.3. The van der Waals surface area contributed by atoms with Gasteiger partial charge in [0.05, 0.1) is 11.1 Å². The fourth-order valence-corrected chi connectivity index (χ4v) is 5.98. The summed E-state index contributed by atoms with van der Waals surface area (Å²) in [4.78, 5) is 19.5. The summed E-state index contributed by atoms with van der Waals surface area (Å²) in [7, 11) is 0. The molecule has 0 saturated heterocycles. The molecular weight excluding hydrogens is 580 g/mol. The quantitative estimate of drug-likeness (QED) is 0.193. The standard InChI is InChI=1S/C40H24N6O/c1-3-11-25(12-4-1)37-42-38(26-13-5-2-6-14-26)44-39(43-37)28-16-9-15-27(21-28)30-19-10-17-29-24-41-34(22-32(29)30)35-23-33-31-18-7-8-20-36(31)47-40(33)46-45-35/h1-24H. The Morgan fingerprint density at radius 3 is 1.81 bits per heavy atom. The first kappa shape index (κ1) is 26.8. The number of pyridine rings is 1. The third-order valence-corrected chi connectivity index (χ3v) is 8.30. The van der Waals surface area contributed by atoms with Crippen LogP contribution in [0, 0.1) is 0 Å². The highest BCUT2D eigenvalue weighted by Crippen LogP contribution is 2.34. The molecule has 9 rings (SSSR count). The number of nitrogens with zero attached hydrogens (tertiary/aromatic N) is 6. The maximum Gasteiger partial charge on any atom is 0.247 e. The Bertz CT molecular complexity index is 2520.